The summed E-state index contributed by atoms with van der Waals surface area (Å²) in [4.78, 5) is 31.8. The smallest absolute Gasteiger partial charge is 0.433 e. The summed E-state index contributed by atoms with van der Waals surface area (Å²) in [6.45, 7) is -0.345. The molecule has 0 saturated carbocycles. The number of carboxylic acids is 1. The molecule has 0 saturated heterocycles. The lowest BCUT2D eigenvalue weighted by atomic mass is 10.4. The van der Waals surface area contributed by atoms with Gasteiger partial charge in [-0.2, -0.15) is 5.10 Å². The number of rotatable bonds is 5. The first kappa shape index (κ1) is 13.3. The first-order valence-electron chi connectivity index (χ1n) is 5.25. The van der Waals surface area contributed by atoms with Crippen molar-refractivity contribution in [2.24, 2.45) is 0 Å². The van der Waals surface area contributed by atoms with E-state index in [1.54, 1.807) is 0 Å². The number of hydrogen-bond donors (Lipinski definition) is 2. The highest BCUT2D eigenvalue weighted by atomic mass is 16.6. The number of aromatic nitrogens is 2. The normalized spacial score (nSPS) is 10.2. The van der Waals surface area contributed by atoms with Crippen LogP contribution in [0.25, 0.3) is 0 Å². The molecule has 2 aromatic heterocycles. The molecule has 0 radical (unpaired) electrons. The Labute approximate surface area is 110 Å². The van der Waals surface area contributed by atoms with E-state index in [-0.39, 0.29) is 18.0 Å². The van der Waals surface area contributed by atoms with Crippen molar-refractivity contribution >= 4 is 23.4 Å². The van der Waals surface area contributed by atoms with E-state index in [9.17, 15) is 19.7 Å². The molecule has 0 aliphatic heterocycles. The second-order valence-electron chi connectivity index (χ2n) is 3.67. The van der Waals surface area contributed by atoms with Gasteiger partial charge in [0.05, 0.1) is 18.0 Å². The van der Waals surface area contributed by atoms with Gasteiger partial charge in [-0.15, -0.1) is 0 Å². The molecule has 0 unspecified atom stereocenters. The molecule has 0 bridgehead atoms. The molecule has 1 amide bonds. The molecular weight excluding hydrogens is 272 g/mol. The van der Waals surface area contributed by atoms with Gasteiger partial charge in [-0.3, -0.25) is 24.4 Å². The fraction of sp³-hybridized carbons (Fsp3) is 0.100. The van der Waals surface area contributed by atoms with Crippen LogP contribution in [0, 0.1) is 10.1 Å². The molecule has 0 atom stereocenters. The van der Waals surface area contributed by atoms with Crippen LogP contribution < -0.4 is 5.32 Å². The third kappa shape index (κ3) is 2.98. The maximum atomic E-state index is 11.7. The fourth-order valence-corrected chi connectivity index (χ4v) is 1.39. The van der Waals surface area contributed by atoms with Crippen molar-refractivity contribution in [3.05, 3.63) is 40.4 Å². The van der Waals surface area contributed by atoms with Crippen LogP contribution in [-0.2, 0) is 11.3 Å². The second kappa shape index (κ2) is 5.22. The number of nitrogens with one attached hydrogen (secondary N) is 1. The molecule has 0 fully saturated rings. The second-order valence-corrected chi connectivity index (χ2v) is 3.67. The zero-order chi connectivity index (χ0) is 14.7. The molecule has 104 valence electrons. The Morgan fingerprint density at radius 2 is 2.25 bits per heavy atom. The number of aliphatic carboxylic acids is 1. The molecule has 10 nitrogen and oxygen atoms in total. The Kier molecular flexibility index (Phi) is 3.46. The van der Waals surface area contributed by atoms with E-state index in [0.717, 1.165) is 16.8 Å². The highest BCUT2D eigenvalue weighted by Crippen LogP contribution is 2.17. The van der Waals surface area contributed by atoms with E-state index in [1.807, 2.05) is 0 Å². The minimum atomic E-state index is -1.08. The molecule has 0 spiro atoms. The third-order valence-electron chi connectivity index (χ3n) is 2.18. The number of carbonyl (C=O) groups excluding carboxylic acids is 1. The molecule has 10 heteroatoms. The summed E-state index contributed by atoms with van der Waals surface area (Å²) < 4.78 is 5.83. The number of furan rings is 1. The van der Waals surface area contributed by atoms with Crippen LogP contribution in [0.15, 0.2) is 28.9 Å². The third-order valence-corrected chi connectivity index (χ3v) is 2.18. The molecule has 2 N–H and O–H groups in total. The predicted octanol–water partition coefficient (Wildman–Crippen LogP) is 0.721. The molecule has 2 aromatic rings. The number of carboxylic acid groups (broad SMARTS) is 1. The van der Waals surface area contributed by atoms with E-state index in [2.05, 4.69) is 10.4 Å². The van der Waals surface area contributed by atoms with E-state index >= 15 is 0 Å². The molecule has 0 aliphatic carbocycles. The first-order chi connectivity index (χ1) is 9.45. The minimum Gasteiger partial charge on any atom is -0.480 e. The molecular formula is C10H8N4O6. The maximum absolute atomic E-state index is 11.7. The van der Waals surface area contributed by atoms with Crippen molar-refractivity contribution in [1.29, 1.82) is 0 Å². The SMILES string of the molecule is O=C(O)Cn1cc(NC(=O)c2ccc([N+](=O)[O-])o2)cn1. The summed E-state index contributed by atoms with van der Waals surface area (Å²) in [6.07, 6.45) is 2.56. The van der Waals surface area contributed by atoms with Crippen LogP contribution in [-0.4, -0.2) is 31.7 Å². The van der Waals surface area contributed by atoms with E-state index < -0.39 is 22.7 Å². The topological polar surface area (TPSA) is 140 Å². The van der Waals surface area contributed by atoms with Gasteiger partial charge in [0.2, 0.25) is 0 Å². The Bertz CT molecular complexity index is 673. The standard InChI is InChI=1S/C10H8N4O6/c15-9(16)5-13-4-6(3-11-13)12-10(17)7-1-2-8(20-7)14(18)19/h1-4H,5H2,(H,12,17)(H,15,16). The monoisotopic (exact) mass is 280 g/mol. The number of anilines is 1. The van der Waals surface area contributed by atoms with Crippen LogP contribution in [0.3, 0.4) is 0 Å². The van der Waals surface area contributed by atoms with Gasteiger partial charge < -0.3 is 14.8 Å². The Morgan fingerprint density at radius 3 is 2.85 bits per heavy atom. The summed E-state index contributed by atoms with van der Waals surface area (Å²) in [7, 11) is 0. The van der Waals surface area contributed by atoms with Gasteiger partial charge in [0.1, 0.15) is 11.5 Å². The van der Waals surface area contributed by atoms with E-state index in [1.165, 1.54) is 12.4 Å². The van der Waals surface area contributed by atoms with Crippen LogP contribution in [0.5, 0.6) is 0 Å². The lowest BCUT2D eigenvalue weighted by molar-refractivity contribution is -0.402. The van der Waals surface area contributed by atoms with Crippen molar-refractivity contribution in [3.8, 4) is 0 Å². The lowest BCUT2D eigenvalue weighted by Crippen LogP contribution is -2.11. The molecule has 0 aliphatic rings. The quantitative estimate of drug-likeness (QED) is 0.607. The molecule has 2 heterocycles. The van der Waals surface area contributed by atoms with Crippen molar-refractivity contribution in [2.45, 2.75) is 6.54 Å². The van der Waals surface area contributed by atoms with E-state index in [4.69, 9.17) is 9.52 Å². The summed E-state index contributed by atoms with van der Waals surface area (Å²) in [5, 5.41) is 25.1. The molecule has 0 aromatic carbocycles. The highest BCUT2D eigenvalue weighted by molar-refractivity contribution is 6.02. The number of nitrogens with zero attached hydrogens (tertiary/aromatic N) is 3. The summed E-state index contributed by atoms with van der Waals surface area (Å²) in [5.41, 5.74) is 0.246. The van der Waals surface area contributed by atoms with Crippen LogP contribution in [0.2, 0.25) is 0 Å². The lowest BCUT2D eigenvalue weighted by Gasteiger charge is -1.98. The zero-order valence-corrected chi connectivity index (χ0v) is 9.85. The maximum Gasteiger partial charge on any atom is 0.433 e. The van der Waals surface area contributed by atoms with Crippen LogP contribution in [0.1, 0.15) is 10.6 Å². The van der Waals surface area contributed by atoms with Gasteiger partial charge in [0.15, 0.2) is 5.76 Å². The van der Waals surface area contributed by atoms with E-state index in [0.29, 0.717) is 0 Å². The Balaban J connectivity index is 2.05. The average Bonchev–Trinajstić information content (AvgIpc) is 2.97. The Hall–Kier alpha value is -3.17. The number of hydrogen-bond acceptors (Lipinski definition) is 6. The fourth-order valence-electron chi connectivity index (χ4n) is 1.39. The van der Waals surface area contributed by atoms with Crippen LogP contribution in [0.4, 0.5) is 11.6 Å². The number of nitro groups is 1. The number of carbonyl (C=O) groups is 2. The summed E-state index contributed by atoms with van der Waals surface area (Å²) in [6, 6.07) is 2.22. The molecule has 20 heavy (non-hydrogen) atoms. The zero-order valence-electron chi connectivity index (χ0n) is 9.85. The number of amides is 1. The van der Waals surface area contributed by atoms with Gasteiger partial charge >= 0.3 is 11.9 Å². The van der Waals surface area contributed by atoms with Gasteiger partial charge in [-0.05, 0) is 6.07 Å². The van der Waals surface area contributed by atoms with Gasteiger partial charge in [0.25, 0.3) is 5.91 Å². The first-order valence-corrected chi connectivity index (χ1v) is 5.25. The summed E-state index contributed by atoms with van der Waals surface area (Å²) in [5.74, 6) is -2.56. The predicted molar refractivity (Wildman–Crippen MR) is 63.2 cm³/mol. The Morgan fingerprint density at radius 1 is 1.50 bits per heavy atom. The largest absolute Gasteiger partial charge is 0.480 e. The van der Waals surface area contributed by atoms with Crippen molar-refractivity contribution in [1.82, 2.24) is 9.78 Å². The molecule has 2 rings (SSSR count). The van der Waals surface area contributed by atoms with Crippen molar-refractivity contribution in [2.75, 3.05) is 5.32 Å². The van der Waals surface area contributed by atoms with Crippen molar-refractivity contribution in [3.63, 3.8) is 0 Å². The van der Waals surface area contributed by atoms with Crippen molar-refractivity contribution < 1.29 is 24.0 Å². The summed E-state index contributed by atoms with van der Waals surface area (Å²) >= 11 is 0. The average molecular weight is 280 g/mol. The van der Waals surface area contributed by atoms with Crippen LogP contribution >= 0.6 is 0 Å². The van der Waals surface area contributed by atoms with Gasteiger partial charge in [0, 0.05) is 6.20 Å². The highest BCUT2D eigenvalue weighted by Gasteiger charge is 2.17. The minimum absolute atomic E-state index is 0.234. The van der Waals surface area contributed by atoms with Gasteiger partial charge in [-0.1, -0.05) is 0 Å². The van der Waals surface area contributed by atoms with Gasteiger partial charge in [-0.25, -0.2) is 0 Å².